The summed E-state index contributed by atoms with van der Waals surface area (Å²) in [5, 5.41) is 0. The van der Waals surface area contributed by atoms with Crippen LogP contribution in [-0.2, 0) is 57.1 Å². The molecule has 38 heavy (non-hydrogen) atoms. The van der Waals surface area contributed by atoms with Crippen molar-refractivity contribution in [1.82, 2.24) is 0 Å². The number of carbonyl (C=O) groups is 4. The van der Waals surface area contributed by atoms with E-state index in [-0.39, 0.29) is 26.4 Å². The Hall–Kier alpha value is -3.32. The second kappa shape index (κ2) is 26.7. The fraction of sp³-hybridized carbons (Fsp3) is 0.538. The predicted octanol–water partition coefficient (Wildman–Crippen LogP) is 1.74. The maximum Gasteiger partial charge on any atom is 0.333 e. The van der Waals surface area contributed by atoms with Crippen LogP contribution in [0.3, 0.4) is 0 Å². The van der Waals surface area contributed by atoms with Gasteiger partial charge in [0.05, 0.1) is 52.9 Å². The van der Waals surface area contributed by atoms with E-state index in [1.165, 1.54) is 0 Å². The molecule has 0 radical (unpaired) electrons. The van der Waals surface area contributed by atoms with Crippen molar-refractivity contribution in [2.45, 2.75) is 13.8 Å². The van der Waals surface area contributed by atoms with E-state index in [4.69, 9.17) is 28.4 Å². The zero-order valence-electron chi connectivity index (χ0n) is 22.4. The van der Waals surface area contributed by atoms with E-state index in [0.717, 1.165) is 12.2 Å². The SMILES string of the molecule is C=C(C)C(=O)OCCOCCOCCOC(=O)C(=C)C.C=CC(=O)OCCOCCOCCOC(=O)C=C. The molecule has 0 spiro atoms. The third-order valence-corrected chi connectivity index (χ3v) is 3.64. The largest absolute Gasteiger partial charge is 0.460 e. The first-order valence-electron chi connectivity index (χ1n) is 11.7. The van der Waals surface area contributed by atoms with E-state index < -0.39 is 23.9 Å². The summed E-state index contributed by atoms with van der Waals surface area (Å²) >= 11 is 0. The monoisotopic (exact) mass is 544 g/mol. The molecule has 216 valence electrons. The Morgan fingerprint density at radius 3 is 0.947 bits per heavy atom. The van der Waals surface area contributed by atoms with Crippen molar-refractivity contribution in [3.8, 4) is 0 Å². The molecule has 0 bridgehead atoms. The summed E-state index contributed by atoms with van der Waals surface area (Å²) in [6.45, 7) is 20.0. The number of esters is 4. The van der Waals surface area contributed by atoms with Crippen molar-refractivity contribution in [3.05, 3.63) is 49.6 Å². The van der Waals surface area contributed by atoms with Crippen LogP contribution in [0.4, 0.5) is 0 Å². The van der Waals surface area contributed by atoms with Crippen molar-refractivity contribution < 1.29 is 57.1 Å². The minimum Gasteiger partial charge on any atom is -0.460 e. The lowest BCUT2D eigenvalue weighted by molar-refractivity contribution is -0.142. The molecule has 0 aliphatic heterocycles. The molecule has 0 aromatic rings. The summed E-state index contributed by atoms with van der Waals surface area (Å²) in [6, 6.07) is 0. The van der Waals surface area contributed by atoms with Gasteiger partial charge in [-0.15, -0.1) is 0 Å². The number of rotatable bonds is 22. The molecule has 0 aliphatic rings. The smallest absolute Gasteiger partial charge is 0.333 e. The van der Waals surface area contributed by atoms with E-state index in [1.54, 1.807) is 13.8 Å². The molecule has 12 heteroatoms. The molecule has 0 saturated heterocycles. The van der Waals surface area contributed by atoms with Crippen LogP contribution < -0.4 is 0 Å². The lowest BCUT2D eigenvalue weighted by atomic mass is 10.4. The Bertz CT molecular complexity index is 683. The van der Waals surface area contributed by atoms with Gasteiger partial charge in [-0.2, -0.15) is 0 Å². The van der Waals surface area contributed by atoms with Crippen LogP contribution in [0.1, 0.15) is 13.8 Å². The molecule has 0 saturated carbocycles. The normalized spacial score (nSPS) is 9.74. The highest BCUT2D eigenvalue weighted by Crippen LogP contribution is 1.93. The molecule has 0 rings (SSSR count). The Labute approximate surface area is 224 Å². The van der Waals surface area contributed by atoms with Crippen LogP contribution in [0, 0.1) is 0 Å². The maximum atomic E-state index is 11.0. The first kappa shape index (κ1) is 36.8. The van der Waals surface area contributed by atoms with Gasteiger partial charge in [0.2, 0.25) is 0 Å². The fourth-order valence-corrected chi connectivity index (χ4v) is 1.80. The van der Waals surface area contributed by atoms with Crippen LogP contribution in [0.5, 0.6) is 0 Å². The van der Waals surface area contributed by atoms with Gasteiger partial charge in [-0.05, 0) is 13.8 Å². The number of hydrogen-bond acceptors (Lipinski definition) is 12. The summed E-state index contributed by atoms with van der Waals surface area (Å²) < 4.78 is 39.6. The molecule has 0 aromatic heterocycles. The fourth-order valence-electron chi connectivity index (χ4n) is 1.80. The summed E-state index contributed by atoms with van der Waals surface area (Å²) in [5.74, 6) is -1.80. The van der Waals surface area contributed by atoms with Crippen molar-refractivity contribution in [2.75, 3.05) is 79.3 Å². The highest BCUT2D eigenvalue weighted by Gasteiger charge is 2.03. The molecule has 0 unspecified atom stereocenters. The third-order valence-electron chi connectivity index (χ3n) is 3.64. The molecule has 0 fully saturated rings. The zero-order chi connectivity index (χ0) is 29.0. The van der Waals surface area contributed by atoms with Crippen LogP contribution >= 0.6 is 0 Å². The first-order chi connectivity index (χ1) is 18.1. The highest BCUT2D eigenvalue weighted by molar-refractivity contribution is 5.87. The number of carbonyl (C=O) groups excluding carboxylic acids is 4. The van der Waals surface area contributed by atoms with E-state index in [1.807, 2.05) is 0 Å². The molecule has 0 amide bonds. The zero-order valence-corrected chi connectivity index (χ0v) is 22.4. The second-order valence-electron chi connectivity index (χ2n) is 7.03. The van der Waals surface area contributed by atoms with Crippen molar-refractivity contribution in [3.63, 3.8) is 0 Å². The third kappa shape index (κ3) is 27.3. The average Bonchev–Trinajstić information content (AvgIpc) is 2.90. The van der Waals surface area contributed by atoms with E-state index >= 15 is 0 Å². The summed E-state index contributed by atoms with van der Waals surface area (Å²) in [5.41, 5.74) is 0.718. The van der Waals surface area contributed by atoms with Crippen LogP contribution in [0.25, 0.3) is 0 Å². The Morgan fingerprint density at radius 2 is 0.711 bits per heavy atom. The Balaban J connectivity index is 0. The molecular weight excluding hydrogens is 504 g/mol. The van der Waals surface area contributed by atoms with Crippen molar-refractivity contribution >= 4 is 23.9 Å². The molecule has 0 heterocycles. The molecule has 0 N–H and O–H groups in total. The molecular formula is C26H40O12. The minimum absolute atomic E-state index is 0.182. The van der Waals surface area contributed by atoms with E-state index in [0.29, 0.717) is 64.0 Å². The van der Waals surface area contributed by atoms with Gasteiger partial charge >= 0.3 is 23.9 Å². The minimum atomic E-state index is -0.473. The van der Waals surface area contributed by atoms with Crippen LogP contribution in [0.15, 0.2) is 49.6 Å². The molecule has 0 aliphatic carbocycles. The number of hydrogen-bond donors (Lipinski definition) is 0. The average molecular weight is 545 g/mol. The van der Waals surface area contributed by atoms with Crippen molar-refractivity contribution in [2.24, 2.45) is 0 Å². The van der Waals surface area contributed by atoms with Gasteiger partial charge in [-0.25, -0.2) is 19.2 Å². The molecule has 12 nitrogen and oxygen atoms in total. The summed E-state index contributed by atoms with van der Waals surface area (Å²) in [6.07, 6.45) is 2.18. The van der Waals surface area contributed by atoms with E-state index in [2.05, 4.69) is 35.8 Å². The first-order valence-corrected chi connectivity index (χ1v) is 11.7. The predicted molar refractivity (Wildman–Crippen MR) is 137 cm³/mol. The summed E-state index contributed by atoms with van der Waals surface area (Å²) in [4.78, 5) is 43.3. The summed E-state index contributed by atoms with van der Waals surface area (Å²) in [7, 11) is 0. The van der Waals surface area contributed by atoms with Gasteiger partial charge in [0.25, 0.3) is 0 Å². The van der Waals surface area contributed by atoms with Gasteiger partial charge in [-0.1, -0.05) is 26.3 Å². The molecule has 0 atom stereocenters. The Kier molecular flexibility index (Phi) is 25.9. The van der Waals surface area contributed by atoms with Gasteiger partial charge in [0.1, 0.15) is 26.4 Å². The van der Waals surface area contributed by atoms with Crippen LogP contribution in [-0.4, -0.2) is 103 Å². The van der Waals surface area contributed by atoms with Crippen molar-refractivity contribution in [1.29, 1.82) is 0 Å². The van der Waals surface area contributed by atoms with Crippen LogP contribution in [0.2, 0.25) is 0 Å². The lowest BCUT2D eigenvalue weighted by Gasteiger charge is -2.07. The topological polar surface area (TPSA) is 142 Å². The van der Waals surface area contributed by atoms with Gasteiger partial charge in [-0.3, -0.25) is 0 Å². The van der Waals surface area contributed by atoms with Gasteiger partial charge in [0, 0.05) is 23.3 Å². The Morgan fingerprint density at radius 1 is 0.474 bits per heavy atom. The molecule has 0 aromatic carbocycles. The lowest BCUT2D eigenvalue weighted by Crippen LogP contribution is -2.15. The highest BCUT2D eigenvalue weighted by atomic mass is 16.6. The second-order valence-corrected chi connectivity index (χ2v) is 7.03. The van der Waals surface area contributed by atoms with E-state index in [9.17, 15) is 19.2 Å². The van der Waals surface area contributed by atoms with Gasteiger partial charge < -0.3 is 37.9 Å². The standard InChI is InChI=1S/C14H22O6.C12H18O6/c1-11(2)13(15)19-9-7-17-5-6-18-8-10-20-14(16)12(3)4;1-3-11(13)17-9-7-15-5-6-16-8-10-18-12(14)4-2/h1,3,5-10H2,2,4H3;3-4H,1-2,5-10H2. The van der Waals surface area contributed by atoms with Gasteiger partial charge in [0.15, 0.2) is 0 Å². The quantitative estimate of drug-likeness (QED) is 0.0848. The number of ether oxygens (including phenoxy) is 8. The maximum absolute atomic E-state index is 11.0.